The van der Waals surface area contributed by atoms with Crippen LogP contribution in [0.25, 0.3) is 0 Å². The van der Waals surface area contributed by atoms with Crippen molar-refractivity contribution in [3.63, 3.8) is 0 Å². The van der Waals surface area contributed by atoms with Crippen molar-refractivity contribution in [1.82, 2.24) is 0 Å². The van der Waals surface area contributed by atoms with Crippen molar-refractivity contribution in [2.75, 3.05) is 0 Å². The molecule has 1 N–H and O–H groups in total. The molecule has 2 rings (SSSR count). The number of rotatable bonds is 3. The third-order valence-corrected chi connectivity index (χ3v) is 3.95. The molecule has 0 aromatic heterocycles. The van der Waals surface area contributed by atoms with Crippen molar-refractivity contribution in [2.24, 2.45) is 0 Å². The van der Waals surface area contributed by atoms with Gasteiger partial charge in [0.15, 0.2) is 0 Å². The van der Waals surface area contributed by atoms with Crippen molar-refractivity contribution >= 4 is 15.9 Å². The van der Waals surface area contributed by atoms with E-state index in [2.05, 4.69) is 15.9 Å². The van der Waals surface area contributed by atoms with Crippen LogP contribution >= 0.6 is 15.9 Å². The van der Waals surface area contributed by atoms with Gasteiger partial charge in [0, 0.05) is 10.9 Å². The molecule has 1 unspecified atom stereocenters. The van der Waals surface area contributed by atoms with Crippen LogP contribution in [0.1, 0.15) is 23.6 Å². The molecule has 5 heteroatoms. The van der Waals surface area contributed by atoms with Crippen molar-refractivity contribution in [3.8, 4) is 0 Å². The van der Waals surface area contributed by atoms with Gasteiger partial charge >= 0.3 is 6.18 Å². The lowest BCUT2D eigenvalue weighted by atomic mass is 9.88. The number of hydrogen-bond donors (Lipinski definition) is 1. The fraction of sp³-hybridized carbons (Fsp3) is 0.250. The van der Waals surface area contributed by atoms with Gasteiger partial charge < -0.3 is 5.11 Å². The second-order valence-electron chi connectivity index (χ2n) is 5.13. The predicted octanol–water partition coefficient (Wildman–Crippen LogP) is 4.92. The van der Waals surface area contributed by atoms with Crippen LogP contribution in [0.2, 0.25) is 0 Å². The van der Waals surface area contributed by atoms with E-state index in [0.717, 1.165) is 16.6 Å². The van der Waals surface area contributed by atoms with E-state index in [-0.39, 0.29) is 6.42 Å². The van der Waals surface area contributed by atoms with E-state index in [4.69, 9.17) is 0 Å². The first-order valence-corrected chi connectivity index (χ1v) is 7.13. The Kier molecular flexibility index (Phi) is 4.44. The van der Waals surface area contributed by atoms with Crippen molar-refractivity contribution in [1.29, 1.82) is 0 Å². The van der Waals surface area contributed by atoms with Crippen LogP contribution in [0.3, 0.4) is 0 Å². The predicted molar refractivity (Wildman–Crippen MR) is 78.9 cm³/mol. The van der Waals surface area contributed by atoms with Crippen LogP contribution in [0.15, 0.2) is 53.0 Å². The number of hydrogen-bond acceptors (Lipinski definition) is 1. The Morgan fingerprint density at radius 2 is 1.71 bits per heavy atom. The highest BCUT2D eigenvalue weighted by Crippen LogP contribution is 2.33. The van der Waals surface area contributed by atoms with Gasteiger partial charge in [0.1, 0.15) is 0 Å². The number of alkyl halides is 3. The van der Waals surface area contributed by atoms with Crippen LogP contribution < -0.4 is 0 Å². The van der Waals surface area contributed by atoms with E-state index < -0.39 is 17.3 Å². The zero-order chi connectivity index (χ0) is 15.7. The minimum atomic E-state index is -4.38. The zero-order valence-corrected chi connectivity index (χ0v) is 12.9. The maximum absolute atomic E-state index is 12.7. The maximum Gasteiger partial charge on any atom is 0.416 e. The quantitative estimate of drug-likeness (QED) is 0.825. The molecule has 112 valence electrons. The highest BCUT2D eigenvalue weighted by molar-refractivity contribution is 9.10. The highest BCUT2D eigenvalue weighted by Gasteiger charge is 2.31. The average molecular weight is 359 g/mol. The number of benzene rings is 2. The molecular formula is C16H14BrF3O. The first kappa shape index (κ1) is 16.0. The van der Waals surface area contributed by atoms with E-state index >= 15 is 0 Å². The Labute approximate surface area is 129 Å². The molecule has 0 saturated heterocycles. The standard InChI is InChI=1S/C16H14BrF3O/c1-15(21,13-7-2-3-8-14(13)17)10-11-5-4-6-12(9-11)16(18,19)20/h2-9,21H,10H2,1H3. The molecule has 2 aromatic carbocycles. The molecule has 0 radical (unpaired) electrons. The molecular weight excluding hydrogens is 345 g/mol. The second-order valence-corrected chi connectivity index (χ2v) is 5.98. The van der Waals surface area contributed by atoms with E-state index in [1.165, 1.54) is 6.07 Å². The molecule has 1 nitrogen and oxygen atoms in total. The van der Waals surface area contributed by atoms with Crippen LogP contribution in [0.4, 0.5) is 13.2 Å². The first-order valence-electron chi connectivity index (χ1n) is 6.34. The van der Waals surface area contributed by atoms with Crippen LogP contribution in [0.5, 0.6) is 0 Å². The average Bonchev–Trinajstić information content (AvgIpc) is 2.37. The van der Waals surface area contributed by atoms with Crippen molar-refractivity contribution < 1.29 is 18.3 Å². The van der Waals surface area contributed by atoms with Gasteiger partial charge in [0.25, 0.3) is 0 Å². The second kappa shape index (κ2) is 5.81. The van der Waals surface area contributed by atoms with E-state index in [9.17, 15) is 18.3 Å². The van der Waals surface area contributed by atoms with Gasteiger partial charge in [-0.25, -0.2) is 0 Å². The molecule has 0 heterocycles. The van der Waals surface area contributed by atoms with Crippen LogP contribution in [0, 0.1) is 0 Å². The molecule has 2 aromatic rings. The molecule has 0 fully saturated rings. The summed E-state index contributed by atoms with van der Waals surface area (Å²) in [5, 5.41) is 10.6. The van der Waals surface area contributed by atoms with Crippen molar-refractivity contribution in [3.05, 3.63) is 69.7 Å². The molecule has 21 heavy (non-hydrogen) atoms. The summed E-state index contributed by atoms with van der Waals surface area (Å²) in [7, 11) is 0. The SMILES string of the molecule is CC(O)(Cc1cccc(C(F)(F)F)c1)c1ccccc1Br. The van der Waals surface area contributed by atoms with Gasteiger partial charge in [0.2, 0.25) is 0 Å². The summed E-state index contributed by atoms with van der Waals surface area (Å²) in [4.78, 5) is 0. The van der Waals surface area contributed by atoms with Crippen LogP contribution in [-0.2, 0) is 18.2 Å². The Morgan fingerprint density at radius 3 is 2.33 bits per heavy atom. The summed E-state index contributed by atoms with van der Waals surface area (Å²) in [6.45, 7) is 1.59. The van der Waals surface area contributed by atoms with Gasteiger partial charge in [-0.1, -0.05) is 52.3 Å². The fourth-order valence-corrected chi connectivity index (χ4v) is 2.96. The van der Waals surface area contributed by atoms with Gasteiger partial charge in [-0.2, -0.15) is 13.2 Å². The maximum atomic E-state index is 12.7. The molecule has 0 aliphatic carbocycles. The van der Waals surface area contributed by atoms with Crippen molar-refractivity contribution in [2.45, 2.75) is 25.1 Å². The molecule has 0 amide bonds. The summed E-state index contributed by atoms with van der Waals surface area (Å²) < 4.78 is 38.9. The lowest BCUT2D eigenvalue weighted by Gasteiger charge is -2.25. The minimum absolute atomic E-state index is 0.0968. The number of halogens is 4. The fourth-order valence-electron chi connectivity index (χ4n) is 2.25. The lowest BCUT2D eigenvalue weighted by Crippen LogP contribution is -2.25. The summed E-state index contributed by atoms with van der Waals surface area (Å²) in [5.74, 6) is 0. The molecule has 0 bridgehead atoms. The van der Waals surface area contributed by atoms with Gasteiger partial charge in [-0.3, -0.25) is 0 Å². The third-order valence-electron chi connectivity index (χ3n) is 3.26. The number of aliphatic hydroxyl groups is 1. The smallest absolute Gasteiger partial charge is 0.385 e. The Hall–Kier alpha value is -1.33. The molecule has 0 saturated carbocycles. The normalized spacial score (nSPS) is 14.8. The summed E-state index contributed by atoms with van der Waals surface area (Å²) >= 11 is 3.35. The topological polar surface area (TPSA) is 20.2 Å². The summed E-state index contributed by atoms with van der Waals surface area (Å²) in [6.07, 6.45) is -4.28. The Bertz CT molecular complexity index is 635. The Morgan fingerprint density at radius 1 is 1.05 bits per heavy atom. The highest BCUT2D eigenvalue weighted by atomic mass is 79.9. The molecule has 0 aliphatic rings. The molecule has 0 aliphatic heterocycles. The first-order chi connectivity index (χ1) is 9.70. The van der Waals surface area contributed by atoms with Gasteiger partial charge in [0.05, 0.1) is 11.2 Å². The summed E-state index contributed by atoms with van der Waals surface area (Å²) in [5.41, 5.74) is -0.888. The van der Waals surface area contributed by atoms with Gasteiger partial charge in [-0.15, -0.1) is 0 Å². The summed E-state index contributed by atoms with van der Waals surface area (Å²) in [6, 6.07) is 12.2. The zero-order valence-electron chi connectivity index (χ0n) is 11.3. The third kappa shape index (κ3) is 3.86. The molecule has 0 spiro atoms. The van der Waals surface area contributed by atoms with Gasteiger partial charge in [-0.05, 0) is 30.2 Å². The molecule has 1 atom stereocenters. The minimum Gasteiger partial charge on any atom is -0.385 e. The van der Waals surface area contributed by atoms with E-state index in [1.54, 1.807) is 31.2 Å². The largest absolute Gasteiger partial charge is 0.416 e. The van der Waals surface area contributed by atoms with E-state index in [1.807, 2.05) is 6.07 Å². The Balaban J connectivity index is 2.31. The van der Waals surface area contributed by atoms with Crippen LogP contribution in [-0.4, -0.2) is 5.11 Å². The van der Waals surface area contributed by atoms with E-state index in [0.29, 0.717) is 11.1 Å². The monoisotopic (exact) mass is 358 g/mol. The lowest BCUT2D eigenvalue weighted by molar-refractivity contribution is -0.137.